The minimum atomic E-state index is 0.0114. The highest BCUT2D eigenvalue weighted by atomic mass is 16.5. The van der Waals surface area contributed by atoms with E-state index in [1.54, 1.807) is 26.4 Å². The molecule has 3 unspecified atom stereocenters. The average Bonchev–Trinajstić information content (AvgIpc) is 2.99. The lowest BCUT2D eigenvalue weighted by Crippen LogP contribution is -2.38. The number of nitrogens with zero attached hydrogens (tertiary/aromatic N) is 1. The Labute approximate surface area is 131 Å². The summed E-state index contributed by atoms with van der Waals surface area (Å²) in [7, 11) is 3.14. The van der Waals surface area contributed by atoms with E-state index in [4.69, 9.17) is 15.2 Å². The second kappa shape index (κ2) is 6.16. The number of amides is 1. The topological polar surface area (TPSA) is 64.8 Å². The number of carbonyl (C=O) groups excluding carboxylic acids is 1. The summed E-state index contributed by atoms with van der Waals surface area (Å²) in [6.45, 7) is 1.56. The maximum Gasteiger partial charge on any atom is 0.257 e. The number of nitrogens with two attached hydrogens (primary N) is 1. The van der Waals surface area contributed by atoms with E-state index >= 15 is 0 Å². The number of para-hydroxylation sites is 1. The second-order valence-electron chi connectivity index (χ2n) is 6.27. The Kier molecular flexibility index (Phi) is 4.25. The predicted molar refractivity (Wildman–Crippen MR) is 84.3 cm³/mol. The first-order valence-corrected chi connectivity index (χ1v) is 7.91. The van der Waals surface area contributed by atoms with Gasteiger partial charge in [0.25, 0.3) is 5.91 Å². The quantitative estimate of drug-likeness (QED) is 0.926. The van der Waals surface area contributed by atoms with Crippen molar-refractivity contribution in [1.82, 2.24) is 4.90 Å². The molecule has 120 valence electrons. The van der Waals surface area contributed by atoms with Gasteiger partial charge in [-0.2, -0.15) is 0 Å². The molecule has 2 fully saturated rings. The average molecular weight is 304 g/mol. The van der Waals surface area contributed by atoms with Crippen molar-refractivity contribution in [2.75, 3.05) is 27.3 Å². The summed E-state index contributed by atoms with van der Waals surface area (Å²) in [6.07, 6.45) is 3.43. The van der Waals surface area contributed by atoms with Gasteiger partial charge in [0, 0.05) is 19.1 Å². The Balaban J connectivity index is 1.83. The number of likely N-dealkylation sites (tertiary alicyclic amines) is 1. The zero-order chi connectivity index (χ0) is 15.7. The molecular weight excluding hydrogens is 280 g/mol. The lowest BCUT2D eigenvalue weighted by molar-refractivity contribution is 0.0779. The molecule has 3 atom stereocenters. The number of hydrogen-bond acceptors (Lipinski definition) is 4. The predicted octanol–water partition coefficient (Wildman–Crippen LogP) is 1.90. The van der Waals surface area contributed by atoms with Crippen LogP contribution in [0.3, 0.4) is 0 Å². The Morgan fingerprint density at radius 2 is 2.05 bits per heavy atom. The van der Waals surface area contributed by atoms with Crippen molar-refractivity contribution in [3.63, 3.8) is 0 Å². The van der Waals surface area contributed by atoms with E-state index < -0.39 is 0 Å². The van der Waals surface area contributed by atoms with E-state index in [9.17, 15) is 4.79 Å². The molecule has 1 amide bonds. The van der Waals surface area contributed by atoms with Crippen molar-refractivity contribution in [1.29, 1.82) is 0 Å². The normalized spacial score (nSPS) is 27.4. The third kappa shape index (κ3) is 2.54. The van der Waals surface area contributed by atoms with Crippen molar-refractivity contribution in [2.24, 2.45) is 17.6 Å². The van der Waals surface area contributed by atoms with E-state index in [-0.39, 0.29) is 11.9 Å². The van der Waals surface area contributed by atoms with Gasteiger partial charge < -0.3 is 20.1 Å². The maximum atomic E-state index is 12.9. The van der Waals surface area contributed by atoms with Gasteiger partial charge in [0.2, 0.25) is 0 Å². The Morgan fingerprint density at radius 1 is 1.23 bits per heavy atom. The molecule has 0 radical (unpaired) electrons. The number of benzene rings is 1. The standard InChI is InChI=1S/C17H24N2O3/c1-21-15-8-4-6-12(16(15)22-2)17(20)19-9-11-5-3-7-14(18)13(11)10-19/h4,6,8,11,13-14H,3,5,7,9-10,18H2,1-2H3. The molecule has 1 heterocycles. The zero-order valence-electron chi connectivity index (χ0n) is 13.2. The molecule has 5 heteroatoms. The molecule has 1 aromatic rings. The fourth-order valence-electron chi connectivity index (χ4n) is 3.91. The van der Waals surface area contributed by atoms with Crippen molar-refractivity contribution in [3.8, 4) is 11.5 Å². The lowest BCUT2D eigenvalue weighted by Gasteiger charge is -2.29. The summed E-state index contributed by atoms with van der Waals surface area (Å²) in [5.74, 6) is 2.09. The monoisotopic (exact) mass is 304 g/mol. The van der Waals surface area contributed by atoms with Crippen LogP contribution in [0.1, 0.15) is 29.6 Å². The van der Waals surface area contributed by atoms with Gasteiger partial charge in [0.1, 0.15) is 0 Å². The first-order valence-electron chi connectivity index (χ1n) is 7.91. The van der Waals surface area contributed by atoms with Crippen LogP contribution in [-0.4, -0.2) is 44.2 Å². The van der Waals surface area contributed by atoms with Crippen molar-refractivity contribution in [2.45, 2.75) is 25.3 Å². The molecule has 1 saturated heterocycles. The van der Waals surface area contributed by atoms with Gasteiger partial charge in [-0.3, -0.25) is 4.79 Å². The van der Waals surface area contributed by atoms with E-state index in [2.05, 4.69) is 0 Å². The molecule has 22 heavy (non-hydrogen) atoms. The third-order valence-electron chi connectivity index (χ3n) is 5.07. The summed E-state index contributed by atoms with van der Waals surface area (Å²) in [6, 6.07) is 5.65. The lowest BCUT2D eigenvalue weighted by atomic mass is 9.78. The van der Waals surface area contributed by atoms with Crippen LogP contribution in [-0.2, 0) is 0 Å². The fraction of sp³-hybridized carbons (Fsp3) is 0.588. The summed E-state index contributed by atoms with van der Waals surface area (Å²) in [5.41, 5.74) is 6.80. The number of carbonyl (C=O) groups is 1. The SMILES string of the molecule is COc1cccc(C(=O)N2CC3CCCC(N)C3C2)c1OC. The molecule has 0 aromatic heterocycles. The number of rotatable bonds is 3. The molecule has 1 aromatic carbocycles. The van der Waals surface area contributed by atoms with Crippen LogP contribution in [0.4, 0.5) is 0 Å². The molecule has 1 aliphatic heterocycles. The van der Waals surface area contributed by atoms with Crippen LogP contribution < -0.4 is 15.2 Å². The Bertz CT molecular complexity index is 561. The molecule has 0 spiro atoms. The van der Waals surface area contributed by atoms with Crippen LogP contribution >= 0.6 is 0 Å². The van der Waals surface area contributed by atoms with Crippen LogP contribution in [0, 0.1) is 11.8 Å². The fourth-order valence-corrected chi connectivity index (χ4v) is 3.91. The number of hydrogen-bond donors (Lipinski definition) is 1. The van der Waals surface area contributed by atoms with Crippen LogP contribution in [0.2, 0.25) is 0 Å². The first kappa shape index (κ1) is 15.2. The molecule has 2 N–H and O–H groups in total. The summed E-state index contributed by atoms with van der Waals surface area (Å²) < 4.78 is 10.7. The van der Waals surface area contributed by atoms with Crippen molar-refractivity contribution >= 4 is 5.91 Å². The highest BCUT2D eigenvalue weighted by Gasteiger charge is 2.41. The third-order valence-corrected chi connectivity index (χ3v) is 5.07. The summed E-state index contributed by atoms with van der Waals surface area (Å²) in [5, 5.41) is 0. The van der Waals surface area contributed by atoms with Crippen molar-refractivity contribution < 1.29 is 14.3 Å². The Hall–Kier alpha value is -1.75. The minimum absolute atomic E-state index is 0.0114. The first-order chi connectivity index (χ1) is 10.7. The molecule has 5 nitrogen and oxygen atoms in total. The summed E-state index contributed by atoms with van der Waals surface area (Å²) in [4.78, 5) is 14.8. The molecule has 1 aliphatic carbocycles. The Morgan fingerprint density at radius 3 is 2.73 bits per heavy atom. The van der Waals surface area contributed by atoms with E-state index in [1.807, 2.05) is 11.0 Å². The molecule has 2 aliphatic rings. The van der Waals surface area contributed by atoms with Gasteiger partial charge in [-0.1, -0.05) is 12.5 Å². The number of fused-ring (bicyclic) bond motifs is 1. The van der Waals surface area contributed by atoms with Crippen LogP contribution in [0.15, 0.2) is 18.2 Å². The van der Waals surface area contributed by atoms with Gasteiger partial charge in [0.15, 0.2) is 11.5 Å². The minimum Gasteiger partial charge on any atom is -0.493 e. The zero-order valence-corrected chi connectivity index (χ0v) is 13.2. The molecule has 3 rings (SSSR count). The highest BCUT2D eigenvalue weighted by Crippen LogP contribution is 2.38. The van der Waals surface area contributed by atoms with Gasteiger partial charge >= 0.3 is 0 Å². The number of ether oxygens (including phenoxy) is 2. The smallest absolute Gasteiger partial charge is 0.257 e. The number of methoxy groups -OCH3 is 2. The van der Waals surface area contributed by atoms with Crippen LogP contribution in [0.25, 0.3) is 0 Å². The van der Waals surface area contributed by atoms with Gasteiger partial charge in [-0.05, 0) is 36.8 Å². The summed E-state index contributed by atoms with van der Waals surface area (Å²) >= 11 is 0. The van der Waals surface area contributed by atoms with E-state index in [0.717, 1.165) is 19.5 Å². The van der Waals surface area contributed by atoms with Crippen LogP contribution in [0.5, 0.6) is 11.5 Å². The largest absolute Gasteiger partial charge is 0.493 e. The molecular formula is C17H24N2O3. The molecule has 0 bridgehead atoms. The maximum absolute atomic E-state index is 12.9. The van der Waals surface area contributed by atoms with Gasteiger partial charge in [0.05, 0.1) is 19.8 Å². The highest BCUT2D eigenvalue weighted by molar-refractivity contribution is 5.98. The van der Waals surface area contributed by atoms with Gasteiger partial charge in [-0.15, -0.1) is 0 Å². The van der Waals surface area contributed by atoms with E-state index in [1.165, 1.54) is 12.8 Å². The van der Waals surface area contributed by atoms with Gasteiger partial charge in [-0.25, -0.2) is 0 Å². The van der Waals surface area contributed by atoms with E-state index in [0.29, 0.717) is 28.9 Å². The molecule has 1 saturated carbocycles. The second-order valence-corrected chi connectivity index (χ2v) is 6.27. The van der Waals surface area contributed by atoms with Crippen molar-refractivity contribution in [3.05, 3.63) is 23.8 Å².